The number of anilines is 1. The van der Waals surface area contributed by atoms with Crippen LogP contribution in [0.3, 0.4) is 0 Å². The van der Waals surface area contributed by atoms with Gasteiger partial charge in [0.1, 0.15) is 11.6 Å². The van der Waals surface area contributed by atoms with Crippen LogP contribution in [0.25, 0.3) is 16.3 Å². The van der Waals surface area contributed by atoms with Crippen LogP contribution in [0.1, 0.15) is 32.1 Å². The molecule has 0 spiro atoms. The van der Waals surface area contributed by atoms with Crippen molar-refractivity contribution in [3.63, 3.8) is 0 Å². The number of aromatic nitrogens is 3. The minimum Gasteiger partial charge on any atom is -0.322 e. The average molecular weight is 615 g/mol. The van der Waals surface area contributed by atoms with E-state index in [4.69, 9.17) is 11.6 Å². The van der Waals surface area contributed by atoms with Gasteiger partial charge >= 0.3 is 0 Å². The molecule has 1 amide bonds. The van der Waals surface area contributed by atoms with Crippen molar-refractivity contribution >= 4 is 74.2 Å². The van der Waals surface area contributed by atoms with E-state index in [0.29, 0.717) is 48.0 Å². The van der Waals surface area contributed by atoms with Crippen molar-refractivity contribution in [3.8, 4) is 6.07 Å². The first kappa shape index (κ1) is 28.7. The first-order chi connectivity index (χ1) is 20.1. The van der Waals surface area contributed by atoms with Crippen molar-refractivity contribution in [2.75, 3.05) is 5.32 Å². The zero-order valence-electron chi connectivity index (χ0n) is 22.0. The molecule has 208 valence electrons. The number of hydrogen-bond acceptors (Lipinski definition) is 9. The number of rotatable bonds is 7. The number of allylic oxidation sites excluding steroid dienone is 1. The lowest BCUT2D eigenvalue weighted by Gasteiger charge is -2.06. The summed E-state index contributed by atoms with van der Waals surface area (Å²) in [6.45, 7) is 3.43. The van der Waals surface area contributed by atoms with Gasteiger partial charge in [0.05, 0.1) is 36.3 Å². The second-order valence-electron chi connectivity index (χ2n) is 9.00. The van der Waals surface area contributed by atoms with Crippen LogP contribution in [0.2, 0.25) is 5.02 Å². The first-order valence-electron chi connectivity index (χ1n) is 12.3. The Kier molecular flexibility index (Phi) is 8.17. The van der Waals surface area contributed by atoms with E-state index in [0.717, 1.165) is 21.1 Å². The third kappa shape index (κ3) is 6.08. The number of carbonyl (C=O) groups excluding carboxylic acids is 2. The van der Waals surface area contributed by atoms with Gasteiger partial charge < -0.3 is 5.32 Å². The third-order valence-electron chi connectivity index (χ3n) is 5.99. The summed E-state index contributed by atoms with van der Waals surface area (Å²) in [4.78, 5) is 41.8. The van der Waals surface area contributed by atoms with Crippen LogP contribution in [0, 0.1) is 35.3 Å². The third-order valence-corrected chi connectivity index (χ3v) is 8.46. The molecule has 2 aromatic heterocycles. The molecule has 0 aliphatic carbocycles. The predicted octanol–water partition coefficient (Wildman–Crippen LogP) is 7.32. The maximum Gasteiger partial charge on any atom is 0.289 e. The Labute approximate surface area is 252 Å². The second-order valence-corrected chi connectivity index (χ2v) is 11.7. The van der Waals surface area contributed by atoms with Crippen molar-refractivity contribution in [2.45, 2.75) is 23.1 Å². The normalized spacial score (nSPS) is 11.3. The maximum atomic E-state index is 12.8. The van der Waals surface area contributed by atoms with E-state index in [1.807, 2.05) is 6.07 Å². The van der Waals surface area contributed by atoms with Gasteiger partial charge in [0.2, 0.25) is 0 Å². The Balaban J connectivity index is 1.38. The summed E-state index contributed by atoms with van der Waals surface area (Å²) in [6, 6.07) is 20.0. The molecule has 0 bridgehead atoms. The minimum atomic E-state index is -0.624. The van der Waals surface area contributed by atoms with E-state index < -0.39 is 10.8 Å². The Morgan fingerprint density at radius 1 is 1.14 bits per heavy atom. The van der Waals surface area contributed by atoms with Crippen LogP contribution in [-0.2, 0) is 0 Å². The van der Waals surface area contributed by atoms with Crippen molar-refractivity contribution in [1.29, 1.82) is 5.26 Å². The highest BCUT2D eigenvalue weighted by Gasteiger charge is 2.20. The molecule has 10 nitrogen and oxygen atoms in total. The predicted molar refractivity (Wildman–Crippen MR) is 162 cm³/mol. The van der Waals surface area contributed by atoms with Crippen molar-refractivity contribution in [3.05, 3.63) is 110 Å². The fraction of sp³-hybridized carbons (Fsp3) is 0.0690. The van der Waals surface area contributed by atoms with Gasteiger partial charge in [0, 0.05) is 17.4 Å². The summed E-state index contributed by atoms with van der Waals surface area (Å²) in [5.41, 5.74) is 2.69. The average Bonchev–Trinajstić information content (AvgIpc) is 3.52. The number of carbonyl (C=O) groups is 2. The number of nitro groups is 1. The largest absolute Gasteiger partial charge is 0.322 e. The molecule has 0 saturated carbocycles. The van der Waals surface area contributed by atoms with Crippen LogP contribution in [0.15, 0.2) is 81.5 Å². The lowest BCUT2D eigenvalue weighted by Crippen LogP contribution is -2.15. The van der Waals surface area contributed by atoms with Crippen molar-refractivity contribution < 1.29 is 14.5 Å². The minimum absolute atomic E-state index is 0.198. The standard InChI is InChI=1S/C29H19ClN6O4S2/c1-16-11-17(2)35(34-16)28(38)19(15-31)12-18-7-10-25(24(13-18)36(39)40)41-29-33-23-9-8-20(14-26(23)42-29)32-27(37)21-5-3-4-6-22(21)30/h3-14H,1-2H3,(H,32,37)/b19-12+. The van der Waals surface area contributed by atoms with Gasteiger partial charge in [-0.25, -0.2) is 9.67 Å². The number of thiazole rings is 1. The highest BCUT2D eigenvalue weighted by molar-refractivity contribution is 8.01. The van der Waals surface area contributed by atoms with E-state index in [1.165, 1.54) is 23.5 Å². The molecule has 0 aliphatic rings. The first-order valence-corrected chi connectivity index (χ1v) is 14.3. The van der Waals surface area contributed by atoms with Crippen LogP contribution < -0.4 is 5.32 Å². The SMILES string of the molecule is Cc1cc(C)n(C(=O)/C(C#N)=C/c2ccc(Sc3nc4ccc(NC(=O)c5ccccc5Cl)cc4s3)c([N+](=O)[O-])c2)n1. The number of nitro benzene ring substituents is 1. The number of benzene rings is 3. The summed E-state index contributed by atoms with van der Waals surface area (Å²) < 4.78 is 2.46. The van der Waals surface area contributed by atoms with Crippen molar-refractivity contribution in [1.82, 2.24) is 14.8 Å². The highest BCUT2D eigenvalue weighted by atomic mass is 35.5. The van der Waals surface area contributed by atoms with Gasteiger partial charge in [-0.15, -0.1) is 11.3 Å². The summed E-state index contributed by atoms with van der Waals surface area (Å²) in [5, 5.41) is 28.8. The molecule has 42 heavy (non-hydrogen) atoms. The van der Waals surface area contributed by atoms with Gasteiger partial charge in [-0.05, 0) is 68.0 Å². The van der Waals surface area contributed by atoms with E-state index in [2.05, 4.69) is 15.4 Å². The number of aryl methyl sites for hydroxylation is 2. The number of fused-ring (bicyclic) bond motifs is 1. The van der Waals surface area contributed by atoms with Crippen LogP contribution in [-0.4, -0.2) is 31.5 Å². The Morgan fingerprint density at radius 2 is 1.93 bits per heavy atom. The molecule has 0 radical (unpaired) electrons. The molecule has 0 fully saturated rings. The van der Waals surface area contributed by atoms with Gasteiger partial charge in [0.15, 0.2) is 4.34 Å². The summed E-state index contributed by atoms with van der Waals surface area (Å²) in [5.74, 6) is -0.971. The molecular weight excluding hydrogens is 596 g/mol. The van der Waals surface area contributed by atoms with E-state index >= 15 is 0 Å². The fourth-order valence-electron chi connectivity index (χ4n) is 4.07. The Bertz CT molecular complexity index is 1970. The fourth-order valence-corrected chi connectivity index (χ4v) is 6.44. The zero-order valence-corrected chi connectivity index (χ0v) is 24.4. The van der Waals surface area contributed by atoms with E-state index in [-0.39, 0.29) is 17.2 Å². The second kappa shape index (κ2) is 12.0. The molecular formula is C29H19ClN6O4S2. The number of halogens is 1. The van der Waals surface area contributed by atoms with Crippen molar-refractivity contribution in [2.24, 2.45) is 0 Å². The highest BCUT2D eigenvalue weighted by Crippen LogP contribution is 2.40. The Morgan fingerprint density at radius 3 is 2.62 bits per heavy atom. The van der Waals surface area contributed by atoms with Gasteiger partial charge in [0.25, 0.3) is 17.5 Å². The molecule has 5 rings (SSSR count). The van der Waals surface area contributed by atoms with Crippen LogP contribution >= 0.6 is 34.7 Å². The molecule has 0 unspecified atom stereocenters. The lowest BCUT2D eigenvalue weighted by atomic mass is 10.1. The van der Waals surface area contributed by atoms with E-state index in [1.54, 1.807) is 74.5 Å². The number of nitrogens with one attached hydrogen (secondary N) is 1. The smallest absolute Gasteiger partial charge is 0.289 e. The van der Waals surface area contributed by atoms with E-state index in [9.17, 15) is 25.0 Å². The van der Waals surface area contributed by atoms with Gasteiger partial charge in [-0.2, -0.15) is 10.4 Å². The zero-order chi connectivity index (χ0) is 30.0. The molecule has 3 aromatic carbocycles. The number of hydrogen-bond donors (Lipinski definition) is 1. The number of nitriles is 1. The quantitative estimate of drug-likeness (QED) is 0.0868. The summed E-state index contributed by atoms with van der Waals surface area (Å²) >= 11 is 8.57. The molecule has 0 aliphatic heterocycles. The lowest BCUT2D eigenvalue weighted by molar-refractivity contribution is -0.387. The molecule has 13 heteroatoms. The maximum absolute atomic E-state index is 12.8. The topological polar surface area (TPSA) is 144 Å². The molecule has 0 saturated heterocycles. The molecule has 5 aromatic rings. The summed E-state index contributed by atoms with van der Waals surface area (Å²) in [6.07, 6.45) is 1.30. The molecule has 2 heterocycles. The van der Waals surface area contributed by atoms with Gasteiger partial charge in [-0.1, -0.05) is 41.6 Å². The number of amides is 1. The van der Waals surface area contributed by atoms with Crippen LogP contribution in [0.4, 0.5) is 11.4 Å². The molecule has 0 atom stereocenters. The van der Waals surface area contributed by atoms with Crippen LogP contribution in [0.5, 0.6) is 0 Å². The number of nitrogens with zero attached hydrogens (tertiary/aromatic N) is 5. The summed E-state index contributed by atoms with van der Waals surface area (Å²) in [7, 11) is 0. The monoisotopic (exact) mass is 614 g/mol. The molecule has 1 N–H and O–H groups in total. The Hall–Kier alpha value is -4.83. The van der Waals surface area contributed by atoms with Gasteiger partial charge in [-0.3, -0.25) is 19.7 Å².